The summed E-state index contributed by atoms with van der Waals surface area (Å²) in [4.78, 5) is 38.1. The van der Waals surface area contributed by atoms with Crippen LogP contribution in [0.4, 0.5) is 0 Å². The molecule has 6 nitrogen and oxygen atoms in total. The lowest BCUT2D eigenvalue weighted by Gasteiger charge is -2.18. The van der Waals surface area contributed by atoms with Gasteiger partial charge in [-0.05, 0) is 89.9 Å². The summed E-state index contributed by atoms with van der Waals surface area (Å²) in [6.07, 6.45) is 83.4. The Balaban J connectivity index is 4.00. The van der Waals surface area contributed by atoms with Gasteiger partial charge in [-0.1, -0.05) is 292 Å². The van der Waals surface area contributed by atoms with Crippen molar-refractivity contribution in [1.29, 1.82) is 0 Å². The van der Waals surface area contributed by atoms with Crippen molar-refractivity contribution >= 4 is 17.9 Å². The number of hydrogen-bond donors (Lipinski definition) is 0. The minimum Gasteiger partial charge on any atom is -0.462 e. The molecule has 1 atom stereocenters. The Morgan fingerprint density at radius 3 is 0.867 bits per heavy atom. The summed E-state index contributed by atoms with van der Waals surface area (Å²) in [6.45, 7) is 6.45. The van der Waals surface area contributed by atoms with Crippen molar-refractivity contribution in [2.45, 2.75) is 322 Å². The molecule has 0 saturated carbocycles. The van der Waals surface area contributed by atoms with Crippen LogP contribution in [0.25, 0.3) is 0 Å². The molecule has 0 aromatic rings. The molecular weight excluding hydrogens is 925 g/mol. The topological polar surface area (TPSA) is 78.9 Å². The van der Waals surface area contributed by atoms with E-state index in [1.807, 2.05) is 0 Å². The van der Waals surface area contributed by atoms with Crippen molar-refractivity contribution in [3.05, 3.63) is 85.1 Å². The Morgan fingerprint density at radius 2 is 0.547 bits per heavy atom. The molecule has 0 fully saturated rings. The van der Waals surface area contributed by atoms with E-state index in [-0.39, 0.29) is 31.1 Å². The second-order valence-electron chi connectivity index (χ2n) is 21.3. The number of rotatable bonds is 58. The van der Waals surface area contributed by atoms with E-state index in [4.69, 9.17) is 14.2 Å². The van der Waals surface area contributed by atoms with Gasteiger partial charge < -0.3 is 14.2 Å². The lowest BCUT2D eigenvalue weighted by Crippen LogP contribution is -2.30. The monoisotopic (exact) mass is 1040 g/mol. The van der Waals surface area contributed by atoms with Gasteiger partial charge >= 0.3 is 17.9 Å². The minimum atomic E-state index is -0.778. The molecule has 0 saturated heterocycles. The highest BCUT2D eigenvalue weighted by molar-refractivity contribution is 5.71. The molecule has 1 unspecified atom stereocenters. The molecule has 0 aliphatic rings. The Hall–Kier alpha value is -3.41. The normalized spacial score (nSPS) is 12.6. The molecule has 432 valence electrons. The average Bonchev–Trinajstić information content (AvgIpc) is 3.41. The molecule has 75 heavy (non-hydrogen) atoms. The highest BCUT2D eigenvalue weighted by atomic mass is 16.6. The number of carbonyl (C=O) groups excluding carboxylic acids is 3. The van der Waals surface area contributed by atoms with Gasteiger partial charge in [0.1, 0.15) is 13.2 Å². The van der Waals surface area contributed by atoms with E-state index in [1.165, 1.54) is 154 Å². The second-order valence-corrected chi connectivity index (χ2v) is 21.3. The number of hydrogen-bond acceptors (Lipinski definition) is 6. The fourth-order valence-electron chi connectivity index (χ4n) is 9.10. The first-order chi connectivity index (χ1) is 37.0. The molecule has 6 heteroatoms. The quantitative estimate of drug-likeness (QED) is 0.0261. The first-order valence-corrected chi connectivity index (χ1v) is 32.1. The highest BCUT2D eigenvalue weighted by Gasteiger charge is 2.19. The second kappa shape index (κ2) is 63.1. The maximum absolute atomic E-state index is 12.8. The van der Waals surface area contributed by atoms with Gasteiger partial charge in [0.05, 0.1) is 0 Å². The predicted molar refractivity (Wildman–Crippen MR) is 325 cm³/mol. The van der Waals surface area contributed by atoms with Crippen LogP contribution >= 0.6 is 0 Å². The van der Waals surface area contributed by atoms with Crippen LogP contribution in [-0.2, 0) is 28.6 Å². The predicted octanol–water partition coefficient (Wildman–Crippen LogP) is 21.9. The molecule has 0 aromatic heterocycles. The number of ether oxygens (including phenoxy) is 3. The van der Waals surface area contributed by atoms with Crippen molar-refractivity contribution in [3.63, 3.8) is 0 Å². The molecule has 0 heterocycles. The average molecular weight is 1050 g/mol. The van der Waals surface area contributed by atoms with Crippen LogP contribution in [-0.4, -0.2) is 37.2 Å². The Labute approximate surface area is 465 Å². The van der Waals surface area contributed by atoms with Gasteiger partial charge in [-0.15, -0.1) is 0 Å². The van der Waals surface area contributed by atoms with Gasteiger partial charge in [0, 0.05) is 19.3 Å². The van der Waals surface area contributed by atoms with Crippen molar-refractivity contribution < 1.29 is 28.6 Å². The third-order valence-corrected chi connectivity index (χ3v) is 13.9. The van der Waals surface area contributed by atoms with E-state index in [0.29, 0.717) is 19.3 Å². The fraction of sp³-hybridized carbons (Fsp3) is 0.754. The summed E-state index contributed by atoms with van der Waals surface area (Å²) in [7, 11) is 0. The van der Waals surface area contributed by atoms with Crippen LogP contribution < -0.4 is 0 Å². The van der Waals surface area contributed by atoms with E-state index in [0.717, 1.165) is 122 Å². The highest BCUT2D eigenvalue weighted by Crippen LogP contribution is 2.17. The van der Waals surface area contributed by atoms with E-state index >= 15 is 0 Å². The van der Waals surface area contributed by atoms with Crippen LogP contribution in [0.15, 0.2) is 85.1 Å². The summed E-state index contributed by atoms with van der Waals surface area (Å²) in [5.41, 5.74) is 0. The lowest BCUT2D eigenvalue weighted by atomic mass is 10.0. The summed E-state index contributed by atoms with van der Waals surface area (Å²) in [6, 6.07) is 0. The minimum absolute atomic E-state index is 0.0772. The van der Waals surface area contributed by atoms with Gasteiger partial charge in [-0.25, -0.2) is 0 Å². The van der Waals surface area contributed by atoms with Gasteiger partial charge in [0.15, 0.2) is 6.10 Å². The molecule has 0 spiro atoms. The van der Waals surface area contributed by atoms with E-state index in [1.54, 1.807) is 0 Å². The SMILES string of the molecule is CC/C=C\C/C=C\C/C=C\C/C=C\C/C=C\CCCCCCCCCCCCCCCCCCCCCC(=O)OCC(COC(=O)CCCCCCCCCCC)OC(=O)CCCCCCC/C=C\C/C=C\CCC. The zero-order valence-corrected chi connectivity index (χ0v) is 49.6. The maximum Gasteiger partial charge on any atom is 0.306 e. The van der Waals surface area contributed by atoms with Gasteiger partial charge in [0.25, 0.3) is 0 Å². The third kappa shape index (κ3) is 61.3. The zero-order valence-electron chi connectivity index (χ0n) is 49.6. The Morgan fingerprint density at radius 1 is 0.280 bits per heavy atom. The molecule has 0 rings (SSSR count). The summed E-state index contributed by atoms with van der Waals surface area (Å²) in [5.74, 6) is -0.883. The molecular formula is C69H120O6. The van der Waals surface area contributed by atoms with E-state index in [2.05, 4.69) is 106 Å². The van der Waals surface area contributed by atoms with E-state index < -0.39 is 6.10 Å². The van der Waals surface area contributed by atoms with Crippen molar-refractivity contribution in [1.82, 2.24) is 0 Å². The largest absolute Gasteiger partial charge is 0.462 e. The van der Waals surface area contributed by atoms with Crippen molar-refractivity contribution in [2.75, 3.05) is 13.2 Å². The number of allylic oxidation sites excluding steroid dienone is 14. The zero-order chi connectivity index (χ0) is 54.3. The summed E-state index contributed by atoms with van der Waals surface area (Å²) < 4.78 is 16.8. The molecule has 0 radical (unpaired) electrons. The van der Waals surface area contributed by atoms with Crippen LogP contribution in [0.3, 0.4) is 0 Å². The summed E-state index contributed by atoms with van der Waals surface area (Å²) in [5, 5.41) is 0. The van der Waals surface area contributed by atoms with Gasteiger partial charge in [0.2, 0.25) is 0 Å². The summed E-state index contributed by atoms with van der Waals surface area (Å²) >= 11 is 0. The first-order valence-electron chi connectivity index (χ1n) is 32.1. The standard InChI is InChI=1S/C69H120O6/c1-4-7-10-13-16-19-21-23-24-25-26-27-28-29-30-31-32-33-34-35-36-37-38-39-40-41-42-43-44-46-47-50-53-56-59-62-68(71)74-65-66(64-73-67(70)61-58-55-52-49-18-15-12-9-6-3)75-69(72)63-60-57-54-51-48-45-22-20-17-14-11-8-5-2/h7,10-11,14,16,19-20,22-24,26-27,29-30,66H,4-6,8-9,12-13,15,17-18,21,25,28,31-65H2,1-3H3/b10-7-,14-11-,19-16-,22-20-,24-23-,27-26-,30-29-. The first kappa shape index (κ1) is 71.6. The van der Waals surface area contributed by atoms with Crippen LogP contribution in [0, 0.1) is 0 Å². The van der Waals surface area contributed by atoms with Crippen molar-refractivity contribution in [2.24, 2.45) is 0 Å². The molecule has 0 bridgehead atoms. The molecule has 0 aromatic carbocycles. The molecule has 0 amide bonds. The molecule has 0 aliphatic carbocycles. The number of carbonyl (C=O) groups is 3. The smallest absolute Gasteiger partial charge is 0.306 e. The Kier molecular flexibility index (Phi) is 60.3. The Bertz CT molecular complexity index is 1430. The van der Waals surface area contributed by atoms with Crippen LogP contribution in [0.2, 0.25) is 0 Å². The lowest BCUT2D eigenvalue weighted by molar-refractivity contribution is -0.167. The van der Waals surface area contributed by atoms with Gasteiger partial charge in [-0.3, -0.25) is 14.4 Å². The third-order valence-electron chi connectivity index (χ3n) is 13.9. The maximum atomic E-state index is 12.8. The molecule has 0 N–H and O–H groups in total. The van der Waals surface area contributed by atoms with Crippen molar-refractivity contribution in [3.8, 4) is 0 Å². The van der Waals surface area contributed by atoms with Crippen LogP contribution in [0.5, 0.6) is 0 Å². The molecule has 0 aliphatic heterocycles. The fourth-order valence-corrected chi connectivity index (χ4v) is 9.10. The number of unbranched alkanes of at least 4 members (excludes halogenated alkanes) is 33. The van der Waals surface area contributed by atoms with Gasteiger partial charge in [-0.2, -0.15) is 0 Å². The number of esters is 3. The van der Waals surface area contributed by atoms with Crippen LogP contribution in [0.1, 0.15) is 316 Å². The van der Waals surface area contributed by atoms with E-state index in [9.17, 15) is 14.4 Å².